The quantitative estimate of drug-likeness (QED) is 0.703. The summed E-state index contributed by atoms with van der Waals surface area (Å²) in [6.07, 6.45) is 1.58. The van der Waals surface area contributed by atoms with Crippen molar-refractivity contribution in [2.24, 2.45) is 0 Å². The molecule has 0 aromatic heterocycles. The van der Waals surface area contributed by atoms with Crippen LogP contribution in [0.5, 0.6) is 0 Å². The molecule has 0 bridgehead atoms. The summed E-state index contributed by atoms with van der Waals surface area (Å²) < 4.78 is 0. The first-order chi connectivity index (χ1) is 8.81. The fraction of sp³-hybridized carbons (Fsp3) is 0.235. The van der Waals surface area contributed by atoms with Crippen LogP contribution in [-0.4, -0.2) is 5.78 Å². The minimum absolute atomic E-state index is 0.228. The summed E-state index contributed by atoms with van der Waals surface area (Å²) in [5, 5.41) is 0. The Morgan fingerprint density at radius 1 is 0.944 bits per heavy atom. The van der Waals surface area contributed by atoms with Crippen LogP contribution in [0.15, 0.2) is 60.7 Å². The number of rotatable bonds is 5. The average Bonchev–Trinajstić information content (AvgIpc) is 2.46. The first-order valence-electron chi connectivity index (χ1n) is 6.44. The van der Waals surface area contributed by atoms with E-state index in [9.17, 15) is 4.79 Å². The van der Waals surface area contributed by atoms with E-state index in [1.165, 1.54) is 5.56 Å². The summed E-state index contributed by atoms with van der Waals surface area (Å²) in [6, 6.07) is 19.8. The van der Waals surface area contributed by atoms with E-state index in [1.807, 2.05) is 48.5 Å². The van der Waals surface area contributed by atoms with Crippen LogP contribution in [0.25, 0.3) is 0 Å². The monoisotopic (exact) mass is 238 g/mol. The van der Waals surface area contributed by atoms with E-state index in [1.54, 1.807) is 0 Å². The van der Waals surface area contributed by atoms with Crippen LogP contribution in [-0.2, 0) is 0 Å². The Morgan fingerprint density at radius 2 is 1.50 bits per heavy atom. The molecule has 92 valence electrons. The van der Waals surface area contributed by atoms with Gasteiger partial charge in [-0.2, -0.15) is 0 Å². The van der Waals surface area contributed by atoms with Crippen LogP contribution in [0.4, 0.5) is 0 Å². The molecule has 2 aromatic rings. The molecule has 1 heteroatoms. The standard InChI is InChI=1S/C17H18O/c1-2-14(15-9-5-3-6-10-15)13-17(18)16-11-7-4-8-12-16/h3-12,14H,2,13H2,1H3. The van der Waals surface area contributed by atoms with Gasteiger partial charge in [-0.1, -0.05) is 67.6 Å². The SMILES string of the molecule is CCC(CC(=O)c1ccccc1)c1ccccc1. The number of Topliss-reactive ketones (excluding diaryl/α,β-unsaturated/α-hetero) is 1. The van der Waals surface area contributed by atoms with E-state index in [-0.39, 0.29) is 5.78 Å². The smallest absolute Gasteiger partial charge is 0.163 e. The van der Waals surface area contributed by atoms with Gasteiger partial charge in [0.05, 0.1) is 0 Å². The summed E-state index contributed by atoms with van der Waals surface area (Å²) >= 11 is 0. The molecule has 2 aromatic carbocycles. The predicted octanol–water partition coefficient (Wildman–Crippen LogP) is 4.45. The lowest BCUT2D eigenvalue weighted by Gasteiger charge is -2.14. The van der Waals surface area contributed by atoms with Crippen molar-refractivity contribution in [3.63, 3.8) is 0 Å². The van der Waals surface area contributed by atoms with Crippen molar-refractivity contribution in [3.05, 3.63) is 71.8 Å². The molecule has 0 N–H and O–H groups in total. The van der Waals surface area contributed by atoms with E-state index in [2.05, 4.69) is 19.1 Å². The van der Waals surface area contributed by atoms with Gasteiger partial charge in [-0.25, -0.2) is 0 Å². The van der Waals surface area contributed by atoms with Gasteiger partial charge in [-0.15, -0.1) is 0 Å². The third-order valence-electron chi connectivity index (χ3n) is 3.29. The first kappa shape index (κ1) is 12.6. The van der Waals surface area contributed by atoms with Crippen molar-refractivity contribution in [3.8, 4) is 0 Å². The highest BCUT2D eigenvalue weighted by atomic mass is 16.1. The maximum absolute atomic E-state index is 12.2. The molecule has 1 atom stereocenters. The summed E-state index contributed by atoms with van der Waals surface area (Å²) in [6.45, 7) is 2.13. The normalized spacial score (nSPS) is 12.1. The summed E-state index contributed by atoms with van der Waals surface area (Å²) in [4.78, 5) is 12.2. The zero-order valence-corrected chi connectivity index (χ0v) is 10.7. The fourth-order valence-electron chi connectivity index (χ4n) is 2.19. The highest BCUT2D eigenvalue weighted by molar-refractivity contribution is 5.96. The minimum atomic E-state index is 0.228. The van der Waals surface area contributed by atoms with Crippen molar-refractivity contribution >= 4 is 5.78 Å². The molecule has 2 rings (SSSR count). The zero-order valence-electron chi connectivity index (χ0n) is 10.7. The van der Waals surface area contributed by atoms with Crippen molar-refractivity contribution < 1.29 is 4.79 Å². The van der Waals surface area contributed by atoms with Crippen LogP contribution in [0.3, 0.4) is 0 Å². The van der Waals surface area contributed by atoms with Gasteiger partial charge in [0.15, 0.2) is 5.78 Å². The van der Waals surface area contributed by atoms with Crippen molar-refractivity contribution in [2.75, 3.05) is 0 Å². The second kappa shape index (κ2) is 6.15. The second-order valence-corrected chi connectivity index (χ2v) is 4.51. The minimum Gasteiger partial charge on any atom is -0.294 e. The van der Waals surface area contributed by atoms with Crippen LogP contribution in [0.1, 0.15) is 41.6 Å². The van der Waals surface area contributed by atoms with Crippen LogP contribution in [0, 0.1) is 0 Å². The molecular formula is C17H18O. The topological polar surface area (TPSA) is 17.1 Å². The molecule has 0 aliphatic heterocycles. The van der Waals surface area contributed by atoms with E-state index in [4.69, 9.17) is 0 Å². The van der Waals surface area contributed by atoms with Gasteiger partial charge < -0.3 is 0 Å². The van der Waals surface area contributed by atoms with E-state index >= 15 is 0 Å². The molecular weight excluding hydrogens is 220 g/mol. The highest BCUT2D eigenvalue weighted by Crippen LogP contribution is 2.24. The maximum Gasteiger partial charge on any atom is 0.163 e. The van der Waals surface area contributed by atoms with Gasteiger partial charge in [0.25, 0.3) is 0 Å². The molecule has 1 nitrogen and oxygen atoms in total. The number of carbonyl (C=O) groups excluding carboxylic acids is 1. The molecule has 0 radical (unpaired) electrons. The fourth-order valence-corrected chi connectivity index (χ4v) is 2.19. The number of carbonyl (C=O) groups is 1. The van der Waals surface area contributed by atoms with Crippen LogP contribution in [0.2, 0.25) is 0 Å². The molecule has 18 heavy (non-hydrogen) atoms. The van der Waals surface area contributed by atoms with Gasteiger partial charge in [0.1, 0.15) is 0 Å². The Kier molecular flexibility index (Phi) is 4.30. The molecule has 0 saturated carbocycles. The van der Waals surface area contributed by atoms with Crippen molar-refractivity contribution in [2.45, 2.75) is 25.7 Å². The zero-order chi connectivity index (χ0) is 12.8. The number of hydrogen-bond donors (Lipinski definition) is 0. The third-order valence-corrected chi connectivity index (χ3v) is 3.29. The Hall–Kier alpha value is -1.89. The predicted molar refractivity (Wildman–Crippen MR) is 74.9 cm³/mol. The lowest BCUT2D eigenvalue weighted by molar-refractivity contribution is 0.0973. The largest absolute Gasteiger partial charge is 0.294 e. The van der Waals surface area contributed by atoms with Crippen LogP contribution < -0.4 is 0 Å². The average molecular weight is 238 g/mol. The van der Waals surface area contributed by atoms with Crippen LogP contribution >= 0.6 is 0 Å². The molecule has 0 aliphatic carbocycles. The summed E-state index contributed by atoms with van der Waals surface area (Å²) in [5.74, 6) is 0.546. The molecule has 0 fully saturated rings. The van der Waals surface area contributed by atoms with Gasteiger partial charge in [-0.05, 0) is 17.9 Å². The summed E-state index contributed by atoms with van der Waals surface area (Å²) in [7, 11) is 0. The molecule has 0 aliphatic rings. The van der Waals surface area contributed by atoms with E-state index < -0.39 is 0 Å². The van der Waals surface area contributed by atoms with Gasteiger partial charge in [-0.3, -0.25) is 4.79 Å². The van der Waals surface area contributed by atoms with Gasteiger partial charge in [0, 0.05) is 12.0 Å². The number of benzene rings is 2. The van der Waals surface area contributed by atoms with E-state index in [0.717, 1.165) is 12.0 Å². The lowest BCUT2D eigenvalue weighted by Crippen LogP contribution is -2.06. The van der Waals surface area contributed by atoms with Crippen molar-refractivity contribution in [1.82, 2.24) is 0 Å². The highest BCUT2D eigenvalue weighted by Gasteiger charge is 2.14. The molecule has 0 heterocycles. The Morgan fingerprint density at radius 3 is 2.06 bits per heavy atom. The second-order valence-electron chi connectivity index (χ2n) is 4.51. The first-order valence-corrected chi connectivity index (χ1v) is 6.44. The number of hydrogen-bond acceptors (Lipinski definition) is 1. The Labute approximate surface area is 108 Å². The maximum atomic E-state index is 12.2. The molecule has 1 unspecified atom stereocenters. The Bertz CT molecular complexity index is 488. The molecule has 0 saturated heterocycles. The van der Waals surface area contributed by atoms with Gasteiger partial charge >= 0.3 is 0 Å². The lowest BCUT2D eigenvalue weighted by atomic mass is 9.90. The molecule has 0 amide bonds. The van der Waals surface area contributed by atoms with Crippen molar-refractivity contribution in [1.29, 1.82) is 0 Å². The molecule has 0 spiro atoms. The van der Waals surface area contributed by atoms with Gasteiger partial charge in [0.2, 0.25) is 0 Å². The summed E-state index contributed by atoms with van der Waals surface area (Å²) in [5.41, 5.74) is 2.07. The Balaban J connectivity index is 2.10. The number of ketones is 1. The third kappa shape index (κ3) is 3.07. The van der Waals surface area contributed by atoms with E-state index in [0.29, 0.717) is 12.3 Å².